The SMILES string of the molecule is Cc1cccc(/C=C/CN2CCN(c3cccc4ncccc34)CC2)c1. The topological polar surface area (TPSA) is 19.4 Å². The Hall–Kier alpha value is -2.65. The highest BCUT2D eigenvalue weighted by Gasteiger charge is 2.17. The highest BCUT2D eigenvalue weighted by molar-refractivity contribution is 5.91. The Labute approximate surface area is 155 Å². The van der Waals surface area contributed by atoms with E-state index in [0.717, 1.165) is 38.2 Å². The van der Waals surface area contributed by atoms with Crippen LogP contribution >= 0.6 is 0 Å². The second-order valence-electron chi connectivity index (χ2n) is 6.95. The van der Waals surface area contributed by atoms with Gasteiger partial charge >= 0.3 is 0 Å². The molecule has 0 amide bonds. The van der Waals surface area contributed by atoms with Crippen molar-refractivity contribution in [3.63, 3.8) is 0 Å². The molecule has 132 valence electrons. The molecule has 26 heavy (non-hydrogen) atoms. The molecule has 0 aliphatic carbocycles. The summed E-state index contributed by atoms with van der Waals surface area (Å²) in [6.07, 6.45) is 6.38. The molecule has 0 N–H and O–H groups in total. The molecule has 1 aliphatic heterocycles. The van der Waals surface area contributed by atoms with Crippen LogP contribution in [0.4, 0.5) is 5.69 Å². The quantitative estimate of drug-likeness (QED) is 0.701. The van der Waals surface area contributed by atoms with Crippen LogP contribution in [0.15, 0.2) is 66.9 Å². The van der Waals surface area contributed by atoms with E-state index in [-0.39, 0.29) is 0 Å². The van der Waals surface area contributed by atoms with E-state index >= 15 is 0 Å². The van der Waals surface area contributed by atoms with Gasteiger partial charge in [0.25, 0.3) is 0 Å². The Morgan fingerprint density at radius 2 is 1.81 bits per heavy atom. The lowest BCUT2D eigenvalue weighted by molar-refractivity contribution is 0.284. The standard InChI is InChI=1S/C23H25N3/c1-19-6-2-7-20(18-19)8-5-13-25-14-16-26(17-15-25)23-11-3-10-22-21(23)9-4-12-24-22/h2-12,18H,13-17H2,1H3/b8-5+. The van der Waals surface area contributed by atoms with Gasteiger partial charge in [0.2, 0.25) is 0 Å². The van der Waals surface area contributed by atoms with Crippen LogP contribution in [-0.2, 0) is 0 Å². The van der Waals surface area contributed by atoms with E-state index in [1.807, 2.05) is 12.3 Å². The van der Waals surface area contributed by atoms with E-state index in [1.54, 1.807) is 0 Å². The summed E-state index contributed by atoms with van der Waals surface area (Å²) < 4.78 is 0. The van der Waals surface area contributed by atoms with Crippen molar-refractivity contribution in [3.05, 3.63) is 78.0 Å². The maximum absolute atomic E-state index is 4.48. The third-order valence-electron chi connectivity index (χ3n) is 5.05. The first-order valence-corrected chi connectivity index (χ1v) is 9.34. The van der Waals surface area contributed by atoms with Gasteiger partial charge in [-0.2, -0.15) is 0 Å². The van der Waals surface area contributed by atoms with Crippen molar-refractivity contribution in [2.24, 2.45) is 0 Å². The Morgan fingerprint density at radius 3 is 2.65 bits per heavy atom. The van der Waals surface area contributed by atoms with Gasteiger partial charge in [0.05, 0.1) is 5.52 Å². The lowest BCUT2D eigenvalue weighted by Crippen LogP contribution is -2.46. The molecule has 0 bridgehead atoms. The van der Waals surface area contributed by atoms with Crippen LogP contribution in [0.25, 0.3) is 17.0 Å². The number of aromatic nitrogens is 1. The van der Waals surface area contributed by atoms with Crippen molar-refractivity contribution < 1.29 is 0 Å². The summed E-state index contributed by atoms with van der Waals surface area (Å²) in [5.74, 6) is 0. The fourth-order valence-electron chi connectivity index (χ4n) is 3.65. The minimum atomic E-state index is 1.01. The van der Waals surface area contributed by atoms with Gasteiger partial charge in [-0.15, -0.1) is 0 Å². The van der Waals surface area contributed by atoms with E-state index in [1.165, 1.54) is 22.2 Å². The minimum Gasteiger partial charge on any atom is -0.368 e. The number of benzene rings is 2. The number of nitrogens with zero attached hydrogens (tertiary/aromatic N) is 3. The van der Waals surface area contributed by atoms with Crippen LogP contribution < -0.4 is 4.90 Å². The smallest absolute Gasteiger partial charge is 0.0722 e. The molecule has 4 rings (SSSR count). The van der Waals surface area contributed by atoms with E-state index in [0.29, 0.717) is 0 Å². The molecule has 1 saturated heterocycles. The Kier molecular flexibility index (Phi) is 4.98. The van der Waals surface area contributed by atoms with Gasteiger partial charge < -0.3 is 4.90 Å². The third-order valence-corrected chi connectivity index (χ3v) is 5.05. The molecule has 0 atom stereocenters. The third kappa shape index (κ3) is 3.78. The van der Waals surface area contributed by atoms with Gasteiger partial charge in [-0.25, -0.2) is 0 Å². The lowest BCUT2D eigenvalue weighted by Gasteiger charge is -2.36. The van der Waals surface area contributed by atoms with E-state index in [9.17, 15) is 0 Å². The van der Waals surface area contributed by atoms with Crippen molar-refractivity contribution in [3.8, 4) is 0 Å². The second-order valence-corrected chi connectivity index (χ2v) is 6.95. The fourth-order valence-corrected chi connectivity index (χ4v) is 3.65. The number of aryl methyl sites for hydroxylation is 1. The van der Waals surface area contributed by atoms with Crippen LogP contribution in [0.2, 0.25) is 0 Å². The summed E-state index contributed by atoms with van der Waals surface area (Å²) in [4.78, 5) is 9.49. The molecule has 0 saturated carbocycles. The lowest BCUT2D eigenvalue weighted by atomic mass is 10.1. The summed E-state index contributed by atoms with van der Waals surface area (Å²) in [6.45, 7) is 7.46. The van der Waals surface area contributed by atoms with Gasteiger partial charge in [-0.3, -0.25) is 9.88 Å². The molecule has 0 unspecified atom stereocenters. The summed E-state index contributed by atoms with van der Waals surface area (Å²) in [5.41, 5.74) is 4.98. The normalized spacial score (nSPS) is 15.8. The molecule has 0 spiro atoms. The maximum atomic E-state index is 4.48. The molecule has 3 nitrogen and oxygen atoms in total. The largest absolute Gasteiger partial charge is 0.368 e. The zero-order valence-corrected chi connectivity index (χ0v) is 15.3. The Bertz CT molecular complexity index is 903. The zero-order valence-electron chi connectivity index (χ0n) is 15.3. The molecule has 3 heteroatoms. The average Bonchev–Trinajstić information content (AvgIpc) is 2.68. The summed E-state index contributed by atoms with van der Waals surface area (Å²) in [5, 5.41) is 1.25. The van der Waals surface area contributed by atoms with Gasteiger partial charge in [-0.05, 0) is 36.8 Å². The van der Waals surface area contributed by atoms with Gasteiger partial charge in [0.15, 0.2) is 0 Å². The Balaban J connectivity index is 1.37. The number of fused-ring (bicyclic) bond motifs is 1. The maximum Gasteiger partial charge on any atom is 0.0722 e. The predicted molar refractivity (Wildman–Crippen MR) is 111 cm³/mol. The van der Waals surface area contributed by atoms with Crippen LogP contribution in [0.1, 0.15) is 11.1 Å². The van der Waals surface area contributed by atoms with E-state index in [2.05, 4.69) is 82.4 Å². The Morgan fingerprint density at radius 1 is 0.962 bits per heavy atom. The minimum absolute atomic E-state index is 1.01. The fraction of sp³-hybridized carbons (Fsp3) is 0.261. The molecule has 2 heterocycles. The highest BCUT2D eigenvalue weighted by Crippen LogP contribution is 2.26. The molecule has 2 aromatic carbocycles. The van der Waals surface area contributed by atoms with Crippen LogP contribution in [-0.4, -0.2) is 42.6 Å². The average molecular weight is 343 g/mol. The van der Waals surface area contributed by atoms with Gasteiger partial charge in [0.1, 0.15) is 0 Å². The first kappa shape index (κ1) is 16.8. The molecule has 1 fully saturated rings. The molecule has 3 aromatic rings. The van der Waals surface area contributed by atoms with Crippen molar-refractivity contribution in [2.45, 2.75) is 6.92 Å². The van der Waals surface area contributed by atoms with E-state index in [4.69, 9.17) is 0 Å². The number of anilines is 1. The predicted octanol–water partition coefficient (Wildman–Crippen LogP) is 4.38. The molecular formula is C23H25N3. The molecular weight excluding hydrogens is 318 g/mol. The van der Waals surface area contributed by atoms with Crippen LogP contribution in [0.5, 0.6) is 0 Å². The number of hydrogen-bond acceptors (Lipinski definition) is 3. The number of piperazine rings is 1. The van der Waals surface area contributed by atoms with Crippen molar-refractivity contribution >= 4 is 22.7 Å². The summed E-state index contributed by atoms with van der Waals surface area (Å²) >= 11 is 0. The number of rotatable bonds is 4. The van der Waals surface area contributed by atoms with Gasteiger partial charge in [0, 0.05) is 50.0 Å². The first-order valence-electron chi connectivity index (χ1n) is 9.34. The van der Waals surface area contributed by atoms with E-state index < -0.39 is 0 Å². The second kappa shape index (κ2) is 7.71. The van der Waals surface area contributed by atoms with Gasteiger partial charge in [-0.1, -0.05) is 48.0 Å². The van der Waals surface area contributed by atoms with Crippen LogP contribution in [0, 0.1) is 6.92 Å². The van der Waals surface area contributed by atoms with Crippen molar-refractivity contribution in [1.29, 1.82) is 0 Å². The molecule has 1 aliphatic rings. The first-order chi connectivity index (χ1) is 12.8. The monoisotopic (exact) mass is 343 g/mol. The molecule has 1 aromatic heterocycles. The molecule has 0 radical (unpaired) electrons. The summed E-state index contributed by atoms with van der Waals surface area (Å²) in [6, 6.07) is 19.3. The van der Waals surface area contributed by atoms with Crippen molar-refractivity contribution in [1.82, 2.24) is 9.88 Å². The number of hydrogen-bond donors (Lipinski definition) is 0. The van der Waals surface area contributed by atoms with Crippen molar-refractivity contribution in [2.75, 3.05) is 37.6 Å². The highest BCUT2D eigenvalue weighted by atomic mass is 15.3. The zero-order chi connectivity index (χ0) is 17.8. The summed E-state index contributed by atoms with van der Waals surface area (Å²) in [7, 11) is 0. The van der Waals surface area contributed by atoms with Crippen LogP contribution in [0.3, 0.4) is 0 Å². The number of pyridine rings is 1.